The molecule has 16 nitrogen and oxygen atoms in total. The van der Waals surface area contributed by atoms with Gasteiger partial charge in [0, 0.05) is 107 Å². The fourth-order valence-electron chi connectivity index (χ4n) is 10.9. The van der Waals surface area contributed by atoms with Gasteiger partial charge in [-0.3, -0.25) is 29.0 Å². The van der Waals surface area contributed by atoms with Crippen LogP contribution in [0.2, 0.25) is 0 Å². The van der Waals surface area contributed by atoms with E-state index in [1.54, 1.807) is 11.6 Å². The second kappa shape index (κ2) is 18.0. The minimum absolute atomic E-state index is 0.00197. The number of piperazine rings is 1. The Morgan fingerprint density at radius 3 is 2.42 bits per heavy atom. The van der Waals surface area contributed by atoms with Gasteiger partial charge in [0.2, 0.25) is 11.8 Å². The molecule has 0 spiro atoms. The van der Waals surface area contributed by atoms with Crippen LogP contribution in [0.5, 0.6) is 11.8 Å². The van der Waals surface area contributed by atoms with Crippen molar-refractivity contribution >= 4 is 56.0 Å². The van der Waals surface area contributed by atoms with E-state index in [2.05, 4.69) is 35.9 Å². The number of terminal acetylenes is 1. The first-order valence-corrected chi connectivity index (χ1v) is 23.9. The molecule has 11 rings (SSSR count). The summed E-state index contributed by atoms with van der Waals surface area (Å²) < 4.78 is 47.1. The maximum absolute atomic E-state index is 17.0. The molecule has 7 heterocycles. The van der Waals surface area contributed by atoms with Gasteiger partial charge in [-0.2, -0.15) is 9.97 Å². The van der Waals surface area contributed by atoms with E-state index in [1.165, 1.54) is 35.0 Å². The van der Waals surface area contributed by atoms with Gasteiger partial charge in [-0.1, -0.05) is 12.0 Å². The molecule has 1 saturated carbocycles. The number of aryl methyl sites for hydroxylation is 1. The molecule has 69 heavy (non-hydrogen) atoms. The van der Waals surface area contributed by atoms with E-state index in [9.17, 15) is 23.9 Å². The van der Waals surface area contributed by atoms with E-state index in [0.29, 0.717) is 67.4 Å². The van der Waals surface area contributed by atoms with Gasteiger partial charge in [-0.05, 0) is 79.8 Å². The van der Waals surface area contributed by atoms with Gasteiger partial charge in [-0.25, -0.2) is 13.6 Å². The van der Waals surface area contributed by atoms with Crippen LogP contribution in [0.25, 0.3) is 44.0 Å². The number of carbonyl (C=O) groups excluding carboxylic acids is 2. The Kier molecular flexibility index (Phi) is 11.7. The highest BCUT2D eigenvalue weighted by atomic mass is 19.1. The molecule has 5 fully saturated rings. The van der Waals surface area contributed by atoms with Gasteiger partial charge in [0.1, 0.15) is 34.6 Å². The van der Waals surface area contributed by atoms with Crippen LogP contribution in [0, 0.1) is 35.3 Å². The minimum atomic E-state index is -0.759. The molecule has 1 aliphatic carbocycles. The van der Waals surface area contributed by atoms with Crippen molar-refractivity contribution in [1.82, 2.24) is 39.2 Å². The van der Waals surface area contributed by atoms with Gasteiger partial charge < -0.3 is 34.2 Å². The number of halogens is 2. The number of morpholine rings is 1. The molecule has 18 heteroatoms. The number of nitrogens with zero attached hydrogens (tertiary/aromatic N) is 9. The zero-order valence-corrected chi connectivity index (χ0v) is 38.6. The van der Waals surface area contributed by atoms with Crippen molar-refractivity contribution in [3.63, 3.8) is 0 Å². The first-order valence-electron chi connectivity index (χ1n) is 23.9. The van der Waals surface area contributed by atoms with Crippen molar-refractivity contribution in [3.8, 4) is 35.4 Å². The molecular formula is C51H54F2N10O6. The Hall–Kier alpha value is -6.68. The number of anilines is 2. The number of phenols is 1. The Labute approximate surface area is 396 Å². The second-order valence-electron chi connectivity index (χ2n) is 19.4. The summed E-state index contributed by atoms with van der Waals surface area (Å²) in [5.74, 6) is 1.19. The summed E-state index contributed by atoms with van der Waals surface area (Å²) in [6.45, 7) is 10.1. The molecule has 1 atom stereocenters. The Morgan fingerprint density at radius 2 is 1.68 bits per heavy atom. The molecule has 0 bridgehead atoms. The summed E-state index contributed by atoms with van der Waals surface area (Å²) in [6, 6.07) is 10.9. The topological polar surface area (TPSA) is 163 Å². The summed E-state index contributed by atoms with van der Waals surface area (Å²) in [5.41, 5.74) is 2.17. The van der Waals surface area contributed by atoms with Crippen LogP contribution < -0.4 is 25.5 Å². The minimum Gasteiger partial charge on any atom is -0.508 e. The lowest BCUT2D eigenvalue weighted by atomic mass is 9.95. The SMILES string of the molecule is C#Cc1c(F)ccc2cc(O)cc(-c3ncc4c(N5CCOCC5)nc(OCC5(CN6CCN(CC7CCN(c8ccc9c(c8)n(C)c(=O)n9C8CCC(=O)NC8=O)CC7)CC6)CC5)nc4c3F)c12. The van der Waals surface area contributed by atoms with Crippen LogP contribution in [-0.2, 0) is 21.4 Å². The van der Waals surface area contributed by atoms with Crippen molar-refractivity contribution in [3.05, 3.63) is 76.3 Å². The number of aromatic nitrogens is 5. The number of piperidine rings is 2. The smallest absolute Gasteiger partial charge is 0.329 e. The average molecular weight is 941 g/mol. The molecule has 0 radical (unpaired) electrons. The van der Waals surface area contributed by atoms with Gasteiger partial charge in [-0.15, -0.1) is 6.42 Å². The molecule has 3 aromatic carbocycles. The van der Waals surface area contributed by atoms with Crippen LogP contribution in [-0.4, -0.2) is 136 Å². The lowest BCUT2D eigenvalue weighted by Gasteiger charge is -2.40. The molecule has 6 aromatic rings. The molecule has 4 saturated heterocycles. The number of pyridine rings is 1. The van der Waals surface area contributed by atoms with Crippen molar-refractivity contribution in [1.29, 1.82) is 0 Å². The van der Waals surface area contributed by atoms with Crippen LogP contribution in [0.1, 0.15) is 50.1 Å². The molecule has 1 unspecified atom stereocenters. The number of fused-ring (bicyclic) bond motifs is 3. The number of ether oxygens (including phenoxy) is 2. The molecule has 2 N–H and O–H groups in total. The third-order valence-corrected chi connectivity index (χ3v) is 15.0. The summed E-state index contributed by atoms with van der Waals surface area (Å²) in [5, 5.41) is 14.1. The fraction of sp³-hybridized carbons (Fsp3) is 0.451. The lowest BCUT2D eigenvalue weighted by Crippen LogP contribution is -2.50. The summed E-state index contributed by atoms with van der Waals surface area (Å²) in [6.07, 6.45) is 11.9. The van der Waals surface area contributed by atoms with E-state index in [4.69, 9.17) is 20.9 Å². The van der Waals surface area contributed by atoms with Crippen LogP contribution in [0.4, 0.5) is 20.3 Å². The van der Waals surface area contributed by atoms with E-state index in [-0.39, 0.29) is 62.9 Å². The predicted molar refractivity (Wildman–Crippen MR) is 256 cm³/mol. The van der Waals surface area contributed by atoms with E-state index in [0.717, 1.165) is 89.2 Å². The number of nitrogens with one attached hydrogen (secondary N) is 1. The van der Waals surface area contributed by atoms with Gasteiger partial charge in [0.15, 0.2) is 5.82 Å². The zero-order valence-electron chi connectivity index (χ0n) is 38.6. The maximum atomic E-state index is 17.0. The van der Waals surface area contributed by atoms with Crippen molar-refractivity contribution in [2.24, 2.45) is 18.4 Å². The highest BCUT2D eigenvalue weighted by Crippen LogP contribution is 2.47. The second-order valence-corrected chi connectivity index (χ2v) is 19.4. The van der Waals surface area contributed by atoms with Gasteiger partial charge in [0.05, 0.1) is 41.8 Å². The summed E-state index contributed by atoms with van der Waals surface area (Å²) >= 11 is 0. The highest BCUT2D eigenvalue weighted by molar-refractivity contribution is 6.03. The monoisotopic (exact) mass is 940 g/mol. The standard InChI is InChI=1S/C51H54F2N10O6/c1-3-35-38(52)6-4-32-24-34(64)26-36(43(32)35)45-44(53)46-37(27-54-45)47(62-20-22-68-23-21-62)57-49(56-46)69-30-51(12-13-51)29-60-18-16-59(17-19-60)28-31-10-14-61(15-11-31)33-5-7-39-41(25-33)58(2)50(67)63(39)40-8-9-42(65)55-48(40)66/h1,4-7,24-27,31,40,64H,8-23,28-30H2,2H3,(H,55,65,66). The number of imidazole rings is 1. The highest BCUT2D eigenvalue weighted by Gasteiger charge is 2.45. The third-order valence-electron chi connectivity index (χ3n) is 15.0. The van der Waals surface area contributed by atoms with Gasteiger partial charge in [0.25, 0.3) is 0 Å². The average Bonchev–Trinajstić information content (AvgIpc) is 4.08. The zero-order chi connectivity index (χ0) is 47.6. The van der Waals surface area contributed by atoms with Crippen molar-refractivity contribution < 1.29 is 33.0 Å². The Bertz CT molecular complexity index is 3120. The number of benzene rings is 3. The number of imide groups is 1. The van der Waals surface area contributed by atoms with Crippen molar-refractivity contribution in [2.75, 3.05) is 95.1 Å². The number of hydrogen-bond acceptors (Lipinski definition) is 13. The first-order chi connectivity index (χ1) is 33.5. The number of rotatable bonds is 11. The fourth-order valence-corrected chi connectivity index (χ4v) is 10.9. The quantitative estimate of drug-likeness (QED) is 0.132. The first kappa shape index (κ1) is 44.8. The Morgan fingerprint density at radius 1 is 0.913 bits per heavy atom. The van der Waals surface area contributed by atoms with Crippen LogP contribution in [0.15, 0.2) is 53.5 Å². The van der Waals surface area contributed by atoms with Crippen LogP contribution in [0.3, 0.4) is 0 Å². The number of hydrogen-bond donors (Lipinski definition) is 2. The van der Waals surface area contributed by atoms with Crippen LogP contribution >= 0.6 is 0 Å². The van der Waals surface area contributed by atoms with E-state index < -0.39 is 23.6 Å². The normalized spacial score (nSPS) is 20.5. The molecule has 3 aromatic heterocycles. The lowest BCUT2D eigenvalue weighted by molar-refractivity contribution is -0.135. The number of amides is 2. The summed E-state index contributed by atoms with van der Waals surface area (Å²) in [7, 11) is 1.73. The molecule has 358 valence electrons. The number of aromatic hydroxyl groups is 1. The maximum Gasteiger partial charge on any atom is 0.329 e. The van der Waals surface area contributed by atoms with Gasteiger partial charge >= 0.3 is 11.7 Å². The molecule has 4 aliphatic heterocycles. The molecule has 5 aliphatic rings. The largest absolute Gasteiger partial charge is 0.508 e. The molecule has 2 amide bonds. The number of carbonyl (C=O) groups is 2. The van der Waals surface area contributed by atoms with Crippen molar-refractivity contribution in [2.45, 2.75) is 44.6 Å². The summed E-state index contributed by atoms with van der Waals surface area (Å²) in [4.78, 5) is 61.2. The van der Waals surface area contributed by atoms with E-state index in [1.807, 2.05) is 23.1 Å². The van der Waals surface area contributed by atoms with E-state index >= 15 is 4.39 Å². The Balaban J connectivity index is 0.724. The predicted octanol–water partition coefficient (Wildman–Crippen LogP) is 4.97. The number of phenolic OH excluding ortho intramolecular Hbond substituents is 1. The molecular weight excluding hydrogens is 887 g/mol. The third kappa shape index (κ3) is 8.50.